The molecule has 0 spiro atoms. The van der Waals surface area contributed by atoms with Gasteiger partial charge in [0.1, 0.15) is 30.5 Å². The fraction of sp³-hybridized carbons (Fsp3) is 0.667. The maximum Gasteiger partial charge on any atom is 0.308 e. The molecular weight excluding hydrogens is 654 g/mol. The normalized spacial score (nSPS) is 36.1. The third-order valence-electron chi connectivity index (χ3n) is 9.97. The van der Waals surface area contributed by atoms with Crippen LogP contribution in [-0.2, 0) is 39.8 Å². The number of aromatic nitrogens is 1. The van der Waals surface area contributed by atoms with Crippen molar-refractivity contribution in [3.05, 3.63) is 53.9 Å². The van der Waals surface area contributed by atoms with Gasteiger partial charge in [0.2, 0.25) is 0 Å². The van der Waals surface area contributed by atoms with E-state index < -0.39 is 78.6 Å². The molecule has 0 amide bonds. The molecule has 12 atom stereocenters. The molecule has 282 valence electrons. The van der Waals surface area contributed by atoms with Gasteiger partial charge in [-0.2, -0.15) is 5.26 Å². The Kier molecular flexibility index (Phi) is 17.1. The van der Waals surface area contributed by atoms with E-state index in [2.05, 4.69) is 11.1 Å². The highest BCUT2D eigenvalue weighted by Crippen LogP contribution is 2.35. The van der Waals surface area contributed by atoms with Crippen LogP contribution in [0.1, 0.15) is 72.4 Å². The van der Waals surface area contributed by atoms with E-state index in [1.54, 1.807) is 46.0 Å². The molecule has 0 unspecified atom stereocenters. The maximum absolute atomic E-state index is 13.3. The Morgan fingerprint density at radius 2 is 1.88 bits per heavy atom. The van der Waals surface area contributed by atoms with Crippen molar-refractivity contribution in [3.8, 4) is 6.07 Å². The summed E-state index contributed by atoms with van der Waals surface area (Å²) >= 11 is 0. The first-order valence-electron chi connectivity index (χ1n) is 18.1. The van der Waals surface area contributed by atoms with E-state index in [4.69, 9.17) is 18.9 Å². The molecule has 0 aliphatic carbocycles. The number of ketones is 1. The molecule has 12 nitrogen and oxygen atoms in total. The summed E-state index contributed by atoms with van der Waals surface area (Å²) in [6, 6.07) is 7.42. The van der Waals surface area contributed by atoms with Gasteiger partial charge in [0.15, 0.2) is 12.1 Å². The zero-order valence-corrected chi connectivity index (χ0v) is 31.1. The molecule has 1 saturated heterocycles. The summed E-state index contributed by atoms with van der Waals surface area (Å²) in [5, 5.41) is 33.0. The third-order valence-corrected chi connectivity index (χ3v) is 9.97. The number of aldehydes is 1. The Hall–Kier alpha value is -3.31. The van der Waals surface area contributed by atoms with Gasteiger partial charge in [0.05, 0.1) is 36.8 Å². The number of rotatable bonds is 11. The van der Waals surface area contributed by atoms with Gasteiger partial charge in [0.25, 0.3) is 0 Å². The second kappa shape index (κ2) is 20.7. The second-order valence-electron chi connectivity index (χ2n) is 14.2. The number of carbonyl (C=O) groups is 3. The summed E-state index contributed by atoms with van der Waals surface area (Å²) in [6.45, 7) is 9.29. The number of hydrogen-bond acceptors (Lipinski definition) is 12. The van der Waals surface area contributed by atoms with Gasteiger partial charge >= 0.3 is 5.97 Å². The summed E-state index contributed by atoms with van der Waals surface area (Å²) in [4.78, 5) is 44.7. The monoisotopic (exact) mass is 711 g/mol. The van der Waals surface area contributed by atoms with E-state index in [0.717, 1.165) is 24.8 Å². The Bertz CT molecular complexity index is 1360. The minimum atomic E-state index is -1.27. The molecule has 2 aliphatic rings. The number of aryl methyl sites for hydroxylation is 1. The Morgan fingerprint density at radius 3 is 2.51 bits per heavy atom. The molecular formula is C39H57N3O9. The number of allylic oxidation sites excluding steroid dienone is 3. The molecule has 1 aromatic heterocycles. The molecule has 0 saturated carbocycles. The lowest BCUT2D eigenvalue weighted by Gasteiger charge is -2.48. The molecule has 3 rings (SSSR count). The minimum absolute atomic E-state index is 0.00564. The SMILES string of the molecule is CC[C@H]1OC(=O)C[C@@H](O)[C@H](C)[C@@H](O[C@@H]2O[C@H](C)[C@@H](OCCCc3ccccn3)[C@H](N(C)C)[C@H]2O)[C@@H](CC=O)C[C@@H](C)C(=O)/C=C/C(C)=C/[C@@H]1C#N. The Labute approximate surface area is 302 Å². The topological polar surface area (TPSA) is 169 Å². The van der Waals surface area contributed by atoms with Crippen LogP contribution in [0.4, 0.5) is 0 Å². The fourth-order valence-electron chi connectivity index (χ4n) is 6.99. The van der Waals surface area contributed by atoms with Crippen molar-refractivity contribution in [2.45, 2.75) is 122 Å². The van der Waals surface area contributed by atoms with Crippen LogP contribution >= 0.6 is 0 Å². The lowest BCUT2D eigenvalue weighted by Crippen LogP contribution is -2.64. The van der Waals surface area contributed by atoms with Crippen LogP contribution in [0.15, 0.2) is 48.2 Å². The van der Waals surface area contributed by atoms with Crippen molar-refractivity contribution >= 4 is 18.0 Å². The van der Waals surface area contributed by atoms with Crippen molar-refractivity contribution < 1.29 is 43.5 Å². The Balaban J connectivity index is 1.89. The van der Waals surface area contributed by atoms with Crippen LogP contribution in [0.3, 0.4) is 0 Å². The summed E-state index contributed by atoms with van der Waals surface area (Å²) in [5.41, 5.74) is 1.62. The highest BCUT2D eigenvalue weighted by Gasteiger charge is 2.48. The predicted molar refractivity (Wildman–Crippen MR) is 190 cm³/mol. The molecule has 1 fully saturated rings. The van der Waals surface area contributed by atoms with Crippen molar-refractivity contribution in [1.82, 2.24) is 9.88 Å². The van der Waals surface area contributed by atoms with E-state index >= 15 is 0 Å². The fourth-order valence-corrected chi connectivity index (χ4v) is 6.99. The van der Waals surface area contributed by atoms with Crippen LogP contribution in [0, 0.1) is 35.0 Å². The first-order valence-corrected chi connectivity index (χ1v) is 18.1. The second-order valence-corrected chi connectivity index (χ2v) is 14.2. The molecule has 0 bridgehead atoms. The zero-order valence-electron chi connectivity index (χ0n) is 31.1. The number of nitriles is 1. The average Bonchev–Trinajstić information content (AvgIpc) is 3.10. The van der Waals surface area contributed by atoms with Gasteiger partial charge in [-0.15, -0.1) is 0 Å². The summed E-state index contributed by atoms with van der Waals surface area (Å²) in [7, 11) is 3.68. The van der Waals surface area contributed by atoms with Crippen LogP contribution in [0.25, 0.3) is 0 Å². The molecule has 51 heavy (non-hydrogen) atoms. The van der Waals surface area contributed by atoms with Crippen LogP contribution in [-0.4, -0.2) is 108 Å². The van der Waals surface area contributed by atoms with Gasteiger partial charge in [-0.25, -0.2) is 0 Å². The summed E-state index contributed by atoms with van der Waals surface area (Å²) < 4.78 is 24.8. The maximum atomic E-state index is 13.3. The van der Waals surface area contributed by atoms with E-state index in [0.29, 0.717) is 18.6 Å². The largest absolute Gasteiger partial charge is 0.461 e. The number of cyclic esters (lactones) is 1. The summed E-state index contributed by atoms with van der Waals surface area (Å²) in [6.07, 6.45) is 2.61. The number of ether oxygens (including phenoxy) is 4. The smallest absolute Gasteiger partial charge is 0.308 e. The number of carbonyl (C=O) groups excluding carboxylic acids is 3. The quantitative estimate of drug-likeness (QED) is 0.193. The predicted octanol–water partition coefficient (Wildman–Crippen LogP) is 3.99. The number of likely N-dealkylation sites (N-methyl/N-ethyl adjacent to an activating group) is 1. The van der Waals surface area contributed by atoms with Crippen molar-refractivity contribution in [2.75, 3.05) is 20.7 Å². The molecule has 12 heteroatoms. The van der Waals surface area contributed by atoms with E-state index in [9.17, 15) is 29.9 Å². The van der Waals surface area contributed by atoms with Crippen LogP contribution in [0.5, 0.6) is 0 Å². The number of aliphatic hydroxyl groups is 2. The Morgan fingerprint density at radius 1 is 1.14 bits per heavy atom. The van der Waals surface area contributed by atoms with Gasteiger partial charge in [0, 0.05) is 36.8 Å². The van der Waals surface area contributed by atoms with E-state index in [1.165, 1.54) is 6.08 Å². The summed E-state index contributed by atoms with van der Waals surface area (Å²) in [5.74, 6) is -3.47. The average molecular weight is 712 g/mol. The molecule has 3 heterocycles. The molecule has 0 aromatic carbocycles. The van der Waals surface area contributed by atoms with Crippen molar-refractivity contribution in [3.63, 3.8) is 0 Å². The number of nitrogens with zero attached hydrogens (tertiary/aromatic N) is 3. The molecule has 2 aliphatic heterocycles. The molecule has 2 N–H and O–H groups in total. The highest BCUT2D eigenvalue weighted by atomic mass is 16.7. The standard InChI is InChI=1S/C39H57N3O9/c1-8-33-29(23-40)20-24(2)14-15-31(44)25(3)21-28(16-18-43)37(26(4)32(45)22-34(46)50-33)51-39-36(47)35(42(6)7)38(27(5)49-39)48-19-11-13-30-12-9-10-17-41-30/h9-10,12,14-15,17-18,20,25-29,32-33,35-39,45,47H,8,11,13,16,19,21-22H2,1-7H3/b15-14+,24-20+/t25-,26+,27-,28+,29-,32-,33-,35-,36-,37-,38-,39+/m1/s1. The van der Waals surface area contributed by atoms with Gasteiger partial charge in [-0.05, 0) is 77.8 Å². The van der Waals surface area contributed by atoms with Crippen LogP contribution in [0.2, 0.25) is 0 Å². The van der Waals surface area contributed by atoms with Crippen LogP contribution < -0.4 is 0 Å². The number of pyridine rings is 1. The van der Waals surface area contributed by atoms with Gasteiger partial charge in [-0.3, -0.25) is 14.6 Å². The highest BCUT2D eigenvalue weighted by molar-refractivity contribution is 5.91. The van der Waals surface area contributed by atoms with E-state index in [-0.39, 0.29) is 25.0 Å². The lowest BCUT2D eigenvalue weighted by atomic mass is 9.79. The van der Waals surface area contributed by atoms with Gasteiger partial charge in [-0.1, -0.05) is 44.6 Å². The molecule has 1 aromatic rings. The number of hydrogen-bond donors (Lipinski definition) is 2. The molecule has 0 radical (unpaired) electrons. The van der Waals surface area contributed by atoms with Crippen molar-refractivity contribution in [1.29, 1.82) is 5.26 Å². The zero-order chi connectivity index (χ0) is 37.7. The van der Waals surface area contributed by atoms with Crippen molar-refractivity contribution in [2.24, 2.45) is 23.7 Å². The third kappa shape index (κ3) is 12.1. The first-order chi connectivity index (χ1) is 24.3. The first kappa shape index (κ1) is 42.1. The van der Waals surface area contributed by atoms with E-state index in [1.807, 2.05) is 44.1 Å². The minimum Gasteiger partial charge on any atom is -0.461 e. The number of esters is 1. The number of aliphatic hydroxyl groups excluding tert-OH is 2. The van der Waals surface area contributed by atoms with Gasteiger partial charge < -0.3 is 38.9 Å². The lowest BCUT2D eigenvalue weighted by molar-refractivity contribution is -0.308.